The predicted octanol–water partition coefficient (Wildman–Crippen LogP) is 2.50. The molecule has 2 rings (SSSR count). The Kier molecular flexibility index (Phi) is 3.72. The molecule has 1 N–H and O–H groups in total. The number of aromatic nitrogens is 1. The molecule has 0 aliphatic carbocycles. The highest BCUT2D eigenvalue weighted by Crippen LogP contribution is 2.18. The van der Waals surface area contributed by atoms with Gasteiger partial charge in [0.05, 0.1) is 6.04 Å². The Balaban J connectivity index is 1.88. The molecule has 0 spiro atoms. The first-order valence-electron chi connectivity index (χ1n) is 5.69. The molecule has 2 heterocycles. The fourth-order valence-corrected chi connectivity index (χ4v) is 2.72. The topological polar surface area (TPSA) is 28.2 Å². The second-order valence-corrected chi connectivity index (χ2v) is 5.12. The Hall–Kier alpha value is -0.450. The second-order valence-electron chi connectivity index (χ2n) is 4.23. The van der Waals surface area contributed by atoms with Gasteiger partial charge in [0.1, 0.15) is 5.01 Å². The van der Waals surface area contributed by atoms with Gasteiger partial charge in [0.25, 0.3) is 0 Å². The van der Waals surface area contributed by atoms with Gasteiger partial charge < -0.3 is 0 Å². The van der Waals surface area contributed by atoms with Crippen LogP contribution in [0.1, 0.15) is 42.9 Å². The average molecular weight is 225 g/mol. The number of hydrogen-bond donors (Lipinski definition) is 1. The normalized spacial score (nSPS) is 20.4. The number of nitrogens with one attached hydrogen (secondary N) is 1. The van der Waals surface area contributed by atoms with Crippen LogP contribution in [0.15, 0.2) is 5.38 Å². The number of aryl methyl sites for hydroxylation is 1. The van der Waals surface area contributed by atoms with E-state index in [2.05, 4.69) is 27.7 Å². The van der Waals surface area contributed by atoms with Crippen molar-refractivity contribution in [2.75, 3.05) is 13.1 Å². The summed E-state index contributed by atoms with van der Waals surface area (Å²) in [6.45, 7) is 6.59. The van der Waals surface area contributed by atoms with Crippen molar-refractivity contribution in [2.45, 2.75) is 39.2 Å². The summed E-state index contributed by atoms with van der Waals surface area (Å²) in [5, 5.41) is 5.65. The van der Waals surface area contributed by atoms with Gasteiger partial charge in [0.2, 0.25) is 0 Å². The molecule has 1 aromatic heterocycles. The molecule has 4 heteroatoms. The Morgan fingerprint density at radius 1 is 1.40 bits per heavy atom. The van der Waals surface area contributed by atoms with Gasteiger partial charge in [-0.05, 0) is 26.7 Å². The number of nitrogens with zero attached hydrogens (tertiary/aromatic N) is 2. The van der Waals surface area contributed by atoms with E-state index in [0.29, 0.717) is 6.04 Å². The van der Waals surface area contributed by atoms with E-state index in [1.165, 1.54) is 37.4 Å². The minimum absolute atomic E-state index is 0.349. The minimum Gasteiger partial charge on any atom is -0.246 e. The third-order valence-electron chi connectivity index (χ3n) is 2.74. The molecule has 0 bridgehead atoms. The standard InChI is InChI=1S/C11H19N3S/c1-9-8-15-11(12-9)10(2)13-14-6-4-3-5-7-14/h8,10,13H,3-7H2,1-2H3. The van der Waals surface area contributed by atoms with Crippen LogP contribution in [0.3, 0.4) is 0 Å². The summed E-state index contributed by atoms with van der Waals surface area (Å²) in [6, 6.07) is 0.349. The Morgan fingerprint density at radius 2 is 2.13 bits per heavy atom. The minimum atomic E-state index is 0.349. The highest BCUT2D eigenvalue weighted by molar-refractivity contribution is 7.09. The van der Waals surface area contributed by atoms with Crippen molar-refractivity contribution < 1.29 is 0 Å². The SMILES string of the molecule is Cc1csc(C(C)NN2CCCCC2)n1. The molecule has 0 radical (unpaired) electrons. The van der Waals surface area contributed by atoms with Crippen molar-refractivity contribution in [1.29, 1.82) is 0 Å². The smallest absolute Gasteiger partial charge is 0.111 e. The molecule has 84 valence electrons. The number of thiazole rings is 1. The highest BCUT2D eigenvalue weighted by atomic mass is 32.1. The van der Waals surface area contributed by atoms with Crippen LogP contribution >= 0.6 is 11.3 Å². The third-order valence-corrected chi connectivity index (χ3v) is 3.88. The number of rotatable bonds is 3. The lowest BCUT2D eigenvalue weighted by atomic mass is 10.2. The van der Waals surface area contributed by atoms with Gasteiger partial charge in [-0.3, -0.25) is 0 Å². The summed E-state index contributed by atoms with van der Waals surface area (Å²) in [7, 11) is 0. The van der Waals surface area contributed by atoms with Crippen LogP contribution in [0.5, 0.6) is 0 Å². The summed E-state index contributed by atoms with van der Waals surface area (Å²) >= 11 is 1.75. The van der Waals surface area contributed by atoms with Gasteiger partial charge in [0, 0.05) is 24.2 Å². The molecule has 1 atom stereocenters. The fraction of sp³-hybridized carbons (Fsp3) is 0.727. The van der Waals surface area contributed by atoms with Crippen LogP contribution in [0.4, 0.5) is 0 Å². The Bertz CT molecular complexity index is 305. The van der Waals surface area contributed by atoms with Crippen molar-refractivity contribution in [2.24, 2.45) is 0 Å². The summed E-state index contributed by atoms with van der Waals surface area (Å²) in [4.78, 5) is 4.51. The maximum atomic E-state index is 4.51. The highest BCUT2D eigenvalue weighted by Gasteiger charge is 2.15. The van der Waals surface area contributed by atoms with Crippen molar-refractivity contribution in [3.8, 4) is 0 Å². The first kappa shape index (κ1) is 11.0. The zero-order valence-corrected chi connectivity index (χ0v) is 10.3. The van der Waals surface area contributed by atoms with Gasteiger partial charge in [-0.25, -0.2) is 15.4 Å². The second kappa shape index (κ2) is 5.05. The van der Waals surface area contributed by atoms with Gasteiger partial charge in [-0.2, -0.15) is 0 Å². The zero-order chi connectivity index (χ0) is 10.7. The maximum Gasteiger partial charge on any atom is 0.111 e. The molecule has 15 heavy (non-hydrogen) atoms. The quantitative estimate of drug-likeness (QED) is 0.856. The van der Waals surface area contributed by atoms with E-state index in [9.17, 15) is 0 Å². The van der Waals surface area contributed by atoms with Crippen molar-refractivity contribution >= 4 is 11.3 Å². The predicted molar refractivity (Wildman–Crippen MR) is 63.8 cm³/mol. The lowest BCUT2D eigenvalue weighted by Crippen LogP contribution is -2.42. The van der Waals surface area contributed by atoms with Crippen LogP contribution in [0.2, 0.25) is 0 Å². The van der Waals surface area contributed by atoms with Gasteiger partial charge in [-0.15, -0.1) is 11.3 Å². The summed E-state index contributed by atoms with van der Waals surface area (Å²) in [6.07, 6.45) is 4.01. The molecular weight excluding hydrogens is 206 g/mol. The van der Waals surface area contributed by atoms with Crippen LogP contribution in [-0.4, -0.2) is 23.1 Å². The van der Waals surface area contributed by atoms with E-state index in [1.54, 1.807) is 11.3 Å². The van der Waals surface area contributed by atoms with E-state index < -0.39 is 0 Å². The van der Waals surface area contributed by atoms with E-state index in [1.807, 2.05) is 6.92 Å². The van der Waals surface area contributed by atoms with Crippen LogP contribution in [-0.2, 0) is 0 Å². The summed E-state index contributed by atoms with van der Waals surface area (Å²) in [5.74, 6) is 0. The van der Waals surface area contributed by atoms with Crippen LogP contribution in [0.25, 0.3) is 0 Å². The molecule has 1 aliphatic heterocycles. The van der Waals surface area contributed by atoms with Gasteiger partial charge >= 0.3 is 0 Å². The summed E-state index contributed by atoms with van der Waals surface area (Å²) < 4.78 is 0. The summed E-state index contributed by atoms with van der Waals surface area (Å²) in [5.41, 5.74) is 4.66. The van der Waals surface area contributed by atoms with Crippen molar-refractivity contribution in [3.63, 3.8) is 0 Å². The Labute approximate surface area is 95.5 Å². The molecular formula is C11H19N3S. The molecule has 1 unspecified atom stereocenters. The lowest BCUT2D eigenvalue weighted by molar-refractivity contribution is 0.133. The van der Waals surface area contributed by atoms with Crippen LogP contribution < -0.4 is 5.43 Å². The fourth-order valence-electron chi connectivity index (χ4n) is 1.92. The van der Waals surface area contributed by atoms with Crippen molar-refractivity contribution in [3.05, 3.63) is 16.1 Å². The van der Waals surface area contributed by atoms with E-state index in [0.717, 1.165) is 5.69 Å². The molecule has 1 aliphatic rings. The molecule has 0 aromatic carbocycles. The zero-order valence-electron chi connectivity index (χ0n) is 9.49. The van der Waals surface area contributed by atoms with E-state index in [4.69, 9.17) is 0 Å². The molecule has 3 nitrogen and oxygen atoms in total. The van der Waals surface area contributed by atoms with E-state index >= 15 is 0 Å². The molecule has 0 saturated carbocycles. The molecule has 1 aromatic rings. The Morgan fingerprint density at radius 3 is 2.73 bits per heavy atom. The number of piperidine rings is 1. The number of hydrazine groups is 1. The average Bonchev–Trinajstić information content (AvgIpc) is 2.66. The molecule has 1 fully saturated rings. The third kappa shape index (κ3) is 3.00. The largest absolute Gasteiger partial charge is 0.246 e. The van der Waals surface area contributed by atoms with Crippen LogP contribution in [0, 0.1) is 6.92 Å². The van der Waals surface area contributed by atoms with E-state index in [-0.39, 0.29) is 0 Å². The maximum absolute atomic E-state index is 4.51. The van der Waals surface area contributed by atoms with Crippen molar-refractivity contribution in [1.82, 2.24) is 15.4 Å². The lowest BCUT2D eigenvalue weighted by Gasteiger charge is -2.29. The van der Waals surface area contributed by atoms with Gasteiger partial charge in [0.15, 0.2) is 0 Å². The van der Waals surface area contributed by atoms with Gasteiger partial charge in [-0.1, -0.05) is 6.42 Å². The molecule has 1 saturated heterocycles. The molecule has 0 amide bonds. The monoisotopic (exact) mass is 225 g/mol. The number of hydrogen-bond acceptors (Lipinski definition) is 4. The first-order chi connectivity index (χ1) is 7.25. The first-order valence-corrected chi connectivity index (χ1v) is 6.57.